The molecule has 3 heterocycles. The number of hydrogen-bond acceptors (Lipinski definition) is 9. The molecule has 2 aromatic heterocycles. The van der Waals surface area contributed by atoms with E-state index >= 15 is 0 Å². The topological polar surface area (TPSA) is 143 Å². The van der Waals surface area contributed by atoms with Crippen LogP contribution in [0.5, 0.6) is 0 Å². The van der Waals surface area contributed by atoms with E-state index in [9.17, 15) is 15.3 Å². The molecule has 0 aromatic carbocycles. The third-order valence-corrected chi connectivity index (χ3v) is 3.66. The summed E-state index contributed by atoms with van der Waals surface area (Å²) in [6.07, 6.45) is -2.97. The Labute approximate surface area is 125 Å². The van der Waals surface area contributed by atoms with E-state index in [1.54, 1.807) is 19.0 Å². The van der Waals surface area contributed by atoms with Crippen molar-refractivity contribution in [1.29, 1.82) is 0 Å². The van der Waals surface area contributed by atoms with E-state index in [0.29, 0.717) is 17.1 Å². The number of nitrogen functional groups attached to an aromatic ring is 1. The number of hydrogen-bond donors (Lipinski definition) is 4. The van der Waals surface area contributed by atoms with Crippen molar-refractivity contribution in [1.82, 2.24) is 19.5 Å². The smallest absolute Gasteiger partial charge is 0.209 e. The lowest BCUT2D eigenvalue weighted by Crippen LogP contribution is -2.33. The zero-order chi connectivity index (χ0) is 16.0. The van der Waals surface area contributed by atoms with Crippen LogP contribution >= 0.6 is 0 Å². The lowest BCUT2D eigenvalue weighted by molar-refractivity contribution is -0.0503. The average Bonchev–Trinajstić information content (AvgIpc) is 3.00. The molecular weight excluding hydrogens is 292 g/mol. The maximum atomic E-state index is 10.2. The van der Waals surface area contributed by atoms with Gasteiger partial charge in [-0.25, -0.2) is 15.0 Å². The monoisotopic (exact) mass is 310 g/mol. The minimum absolute atomic E-state index is 0.207. The predicted molar refractivity (Wildman–Crippen MR) is 77.1 cm³/mol. The molecule has 4 atom stereocenters. The first-order valence-corrected chi connectivity index (χ1v) is 6.74. The van der Waals surface area contributed by atoms with E-state index in [4.69, 9.17) is 10.5 Å². The molecule has 0 amide bonds. The van der Waals surface area contributed by atoms with Crippen molar-refractivity contribution in [2.75, 3.05) is 31.3 Å². The van der Waals surface area contributed by atoms with E-state index in [1.807, 2.05) is 0 Å². The molecule has 120 valence electrons. The first-order chi connectivity index (χ1) is 10.5. The van der Waals surface area contributed by atoms with Gasteiger partial charge in [-0.05, 0) is 0 Å². The summed E-state index contributed by atoms with van der Waals surface area (Å²) in [7, 11) is 3.53. The van der Waals surface area contributed by atoms with Crippen molar-refractivity contribution in [2.45, 2.75) is 24.5 Å². The Morgan fingerprint density at radius 3 is 2.64 bits per heavy atom. The molecule has 10 nitrogen and oxygen atoms in total. The summed E-state index contributed by atoms with van der Waals surface area (Å²) in [5.41, 5.74) is 6.57. The minimum atomic E-state index is -1.23. The molecule has 0 saturated carbocycles. The van der Waals surface area contributed by atoms with Crippen LogP contribution in [0.2, 0.25) is 0 Å². The first kappa shape index (κ1) is 14.9. The van der Waals surface area contributed by atoms with Gasteiger partial charge in [-0.15, -0.1) is 0 Å². The summed E-state index contributed by atoms with van der Waals surface area (Å²) in [5.74, 6) is 0.649. The number of nitrogens with two attached hydrogens (primary N) is 1. The van der Waals surface area contributed by atoms with E-state index in [0.717, 1.165) is 0 Å². The van der Waals surface area contributed by atoms with Crippen molar-refractivity contribution < 1.29 is 20.1 Å². The first-order valence-electron chi connectivity index (χ1n) is 6.74. The van der Waals surface area contributed by atoms with Crippen molar-refractivity contribution >= 4 is 22.9 Å². The Balaban J connectivity index is 2.17. The van der Waals surface area contributed by atoms with Gasteiger partial charge in [-0.2, -0.15) is 0 Å². The molecule has 0 radical (unpaired) electrons. The van der Waals surface area contributed by atoms with Crippen molar-refractivity contribution in [2.24, 2.45) is 0 Å². The van der Waals surface area contributed by atoms with Gasteiger partial charge in [0.2, 0.25) is 5.95 Å². The molecule has 1 fully saturated rings. The van der Waals surface area contributed by atoms with Gasteiger partial charge in [0.05, 0.1) is 6.61 Å². The van der Waals surface area contributed by atoms with E-state index in [-0.39, 0.29) is 5.82 Å². The van der Waals surface area contributed by atoms with Gasteiger partial charge in [0, 0.05) is 14.1 Å². The van der Waals surface area contributed by atoms with Gasteiger partial charge in [-0.3, -0.25) is 4.57 Å². The van der Waals surface area contributed by atoms with Crippen LogP contribution in [-0.4, -0.2) is 73.9 Å². The van der Waals surface area contributed by atoms with Gasteiger partial charge >= 0.3 is 0 Å². The molecule has 10 heteroatoms. The standard InChI is InChI=1S/C12H18N6O4/c1-17(2)12-16-6-9(13)14-4-15-10(6)18(12)11-8(21)7(20)5(3-19)22-11/h4-5,7-8,11,19-21H,3H2,1-2H3,(H2,13,14,15)/t5-,7-,8-,11-/m0/s1. The average molecular weight is 310 g/mol. The number of aliphatic hydroxyl groups excluding tert-OH is 3. The molecule has 22 heavy (non-hydrogen) atoms. The SMILES string of the molecule is CN(C)c1nc2c(N)ncnc2n1[C@H]1O[C@@H](CO)[C@H](O)[C@@H]1O. The summed E-state index contributed by atoms with van der Waals surface area (Å²) < 4.78 is 7.10. The number of nitrogens with zero attached hydrogens (tertiary/aromatic N) is 5. The van der Waals surface area contributed by atoms with Gasteiger partial charge in [0.25, 0.3) is 0 Å². The largest absolute Gasteiger partial charge is 0.394 e. The van der Waals surface area contributed by atoms with Gasteiger partial charge in [-0.1, -0.05) is 0 Å². The van der Waals surface area contributed by atoms with Crippen LogP contribution in [0.1, 0.15) is 6.23 Å². The highest BCUT2D eigenvalue weighted by Gasteiger charge is 2.45. The molecular formula is C12H18N6O4. The third-order valence-electron chi connectivity index (χ3n) is 3.66. The van der Waals surface area contributed by atoms with Gasteiger partial charge in [0.1, 0.15) is 24.6 Å². The number of ether oxygens (including phenoxy) is 1. The fourth-order valence-corrected chi connectivity index (χ4v) is 2.56. The number of aromatic nitrogens is 4. The summed E-state index contributed by atoms with van der Waals surface area (Å²) in [4.78, 5) is 14.1. The van der Waals surface area contributed by atoms with E-state index in [2.05, 4.69) is 15.0 Å². The Bertz CT molecular complexity index is 690. The zero-order valence-corrected chi connectivity index (χ0v) is 12.2. The number of imidazole rings is 1. The van der Waals surface area contributed by atoms with Crippen molar-refractivity contribution in [3.05, 3.63) is 6.33 Å². The highest BCUT2D eigenvalue weighted by molar-refractivity contribution is 5.84. The third kappa shape index (κ3) is 2.08. The second-order valence-electron chi connectivity index (χ2n) is 5.34. The summed E-state index contributed by atoms with van der Waals surface area (Å²) in [6, 6.07) is 0. The van der Waals surface area contributed by atoms with Crippen LogP contribution in [0, 0.1) is 0 Å². The van der Waals surface area contributed by atoms with E-state index < -0.39 is 31.1 Å². The molecule has 0 bridgehead atoms. The maximum Gasteiger partial charge on any atom is 0.209 e. The Kier molecular flexibility index (Phi) is 3.60. The van der Waals surface area contributed by atoms with Gasteiger partial charge in [0.15, 0.2) is 23.2 Å². The molecule has 1 aliphatic heterocycles. The molecule has 2 aromatic rings. The number of aliphatic hydroxyl groups is 3. The predicted octanol–water partition coefficient (Wildman–Crippen LogP) is -1.91. The second-order valence-corrected chi connectivity index (χ2v) is 5.34. The fraction of sp³-hybridized carbons (Fsp3) is 0.583. The molecule has 0 spiro atoms. The maximum absolute atomic E-state index is 10.2. The number of rotatable bonds is 3. The Morgan fingerprint density at radius 1 is 1.32 bits per heavy atom. The molecule has 1 saturated heterocycles. The normalized spacial score (nSPS) is 28.4. The van der Waals surface area contributed by atoms with Gasteiger partial charge < -0.3 is 30.7 Å². The van der Waals surface area contributed by atoms with Crippen LogP contribution in [0.3, 0.4) is 0 Å². The molecule has 0 unspecified atom stereocenters. The van der Waals surface area contributed by atoms with E-state index in [1.165, 1.54) is 10.9 Å². The zero-order valence-electron chi connectivity index (χ0n) is 12.2. The van der Waals surface area contributed by atoms with Crippen molar-refractivity contribution in [3.63, 3.8) is 0 Å². The Morgan fingerprint density at radius 2 is 2.05 bits per heavy atom. The van der Waals surface area contributed by atoms with Crippen LogP contribution in [-0.2, 0) is 4.74 Å². The van der Waals surface area contributed by atoms with Crippen LogP contribution in [0.15, 0.2) is 6.33 Å². The lowest BCUT2D eigenvalue weighted by Gasteiger charge is -2.21. The molecule has 5 N–H and O–H groups in total. The molecule has 3 rings (SSSR count). The highest BCUT2D eigenvalue weighted by atomic mass is 16.6. The van der Waals surface area contributed by atoms with Crippen LogP contribution < -0.4 is 10.6 Å². The molecule has 0 aliphatic carbocycles. The van der Waals surface area contributed by atoms with Crippen molar-refractivity contribution in [3.8, 4) is 0 Å². The number of fused-ring (bicyclic) bond motifs is 1. The highest BCUT2D eigenvalue weighted by Crippen LogP contribution is 2.35. The second kappa shape index (κ2) is 5.32. The lowest BCUT2D eigenvalue weighted by atomic mass is 10.1. The van der Waals surface area contributed by atoms with Crippen LogP contribution in [0.4, 0.5) is 11.8 Å². The summed E-state index contributed by atoms with van der Waals surface area (Å²) in [6.45, 7) is -0.407. The fourth-order valence-electron chi connectivity index (χ4n) is 2.56. The van der Waals surface area contributed by atoms with Crippen LogP contribution in [0.25, 0.3) is 11.2 Å². The molecule has 1 aliphatic rings. The summed E-state index contributed by atoms with van der Waals surface area (Å²) in [5, 5.41) is 29.4. The minimum Gasteiger partial charge on any atom is -0.394 e. The number of anilines is 2. The quantitative estimate of drug-likeness (QED) is 0.510. The Hall–Kier alpha value is -2.01. The summed E-state index contributed by atoms with van der Waals surface area (Å²) >= 11 is 0.